The molecule has 3 aromatic rings. The molecule has 3 atom stereocenters. The fraction of sp³-hybridized carbons (Fsp3) is 0.379. The summed E-state index contributed by atoms with van der Waals surface area (Å²) < 4.78 is 0. The molecule has 3 fully saturated rings. The predicted octanol–water partition coefficient (Wildman–Crippen LogP) is 4.13. The molecule has 3 unspecified atom stereocenters. The molecule has 2 bridgehead atoms. The first kappa shape index (κ1) is 23.5. The van der Waals surface area contributed by atoms with Crippen LogP contribution >= 0.6 is 11.6 Å². The van der Waals surface area contributed by atoms with Gasteiger partial charge in [0.25, 0.3) is 11.8 Å². The average molecular weight is 531 g/mol. The van der Waals surface area contributed by atoms with Gasteiger partial charge in [0.2, 0.25) is 11.8 Å². The van der Waals surface area contributed by atoms with Gasteiger partial charge in [-0.2, -0.15) is 0 Å². The maximum Gasteiger partial charge on any atom is 0.270 e. The van der Waals surface area contributed by atoms with Crippen LogP contribution in [0.15, 0.2) is 42.5 Å². The third kappa shape index (κ3) is 3.73. The zero-order chi connectivity index (χ0) is 26.1. The molecule has 1 aromatic heterocycles. The van der Waals surface area contributed by atoms with Crippen LogP contribution < -0.4 is 5.32 Å². The summed E-state index contributed by atoms with van der Waals surface area (Å²) in [5, 5.41) is 3.96. The maximum atomic E-state index is 13.5. The van der Waals surface area contributed by atoms with Gasteiger partial charge in [-0.25, -0.2) is 0 Å². The minimum atomic E-state index is -0.609. The van der Waals surface area contributed by atoms with Gasteiger partial charge in [-0.1, -0.05) is 29.8 Å². The fourth-order valence-corrected chi connectivity index (χ4v) is 7.15. The molecule has 4 aliphatic heterocycles. The van der Waals surface area contributed by atoms with Crippen LogP contribution in [0.1, 0.15) is 76.4 Å². The van der Waals surface area contributed by atoms with Crippen LogP contribution in [0.4, 0.5) is 0 Å². The summed E-state index contributed by atoms with van der Waals surface area (Å²) in [5.74, 6) is -0.479. The second kappa shape index (κ2) is 8.70. The summed E-state index contributed by atoms with van der Waals surface area (Å²) >= 11 is 6.12. The van der Waals surface area contributed by atoms with Gasteiger partial charge in [-0.15, -0.1) is 0 Å². The predicted molar refractivity (Wildman–Crippen MR) is 141 cm³/mol. The number of nitrogens with zero attached hydrogens (tertiary/aromatic N) is 2. The molecule has 2 N–H and O–H groups in total. The number of aromatic amines is 1. The maximum absolute atomic E-state index is 13.5. The second-order valence-corrected chi connectivity index (χ2v) is 11.4. The van der Waals surface area contributed by atoms with E-state index in [4.69, 9.17) is 11.6 Å². The number of carbonyl (C=O) groups is 4. The van der Waals surface area contributed by atoms with Crippen LogP contribution in [-0.2, 0) is 16.1 Å². The Kier molecular flexibility index (Phi) is 5.37. The van der Waals surface area contributed by atoms with E-state index in [9.17, 15) is 19.2 Å². The van der Waals surface area contributed by atoms with E-state index >= 15 is 0 Å². The summed E-state index contributed by atoms with van der Waals surface area (Å²) in [6.07, 6.45) is 4.36. The highest BCUT2D eigenvalue weighted by Crippen LogP contribution is 2.44. The molecule has 8 nitrogen and oxygen atoms in total. The molecule has 0 aliphatic carbocycles. The molecule has 9 heteroatoms. The third-order valence-electron chi connectivity index (χ3n) is 8.80. The molecule has 0 saturated carbocycles. The molecule has 0 radical (unpaired) electrons. The smallest absolute Gasteiger partial charge is 0.270 e. The van der Waals surface area contributed by atoms with Crippen LogP contribution in [0.25, 0.3) is 10.9 Å². The summed E-state index contributed by atoms with van der Waals surface area (Å²) in [4.78, 5) is 57.4. The fourth-order valence-electron chi connectivity index (χ4n) is 6.98. The largest absolute Gasteiger partial charge is 0.350 e. The number of nitrogens with one attached hydrogen (secondary N) is 2. The van der Waals surface area contributed by atoms with E-state index in [2.05, 4.69) is 21.3 Å². The lowest BCUT2D eigenvalue weighted by Gasteiger charge is -2.39. The minimum Gasteiger partial charge on any atom is -0.350 e. The van der Waals surface area contributed by atoms with E-state index in [0.717, 1.165) is 42.1 Å². The van der Waals surface area contributed by atoms with Crippen molar-refractivity contribution in [3.63, 3.8) is 0 Å². The topological polar surface area (TPSA) is 103 Å². The van der Waals surface area contributed by atoms with Crippen LogP contribution in [0.3, 0.4) is 0 Å². The molecule has 4 aliphatic rings. The highest BCUT2D eigenvalue weighted by atomic mass is 35.5. The van der Waals surface area contributed by atoms with E-state index in [1.54, 1.807) is 4.90 Å². The lowest BCUT2D eigenvalue weighted by molar-refractivity contribution is -0.136. The molecular weight excluding hydrogens is 504 g/mol. The number of hydrogen-bond donors (Lipinski definition) is 2. The third-order valence-corrected chi connectivity index (χ3v) is 9.04. The first-order chi connectivity index (χ1) is 18.4. The molecule has 7 rings (SSSR count). The van der Waals surface area contributed by atoms with Crippen LogP contribution in [0, 0.1) is 0 Å². The number of aromatic nitrogens is 1. The molecular formula is C29H27ClN4O4. The van der Waals surface area contributed by atoms with Gasteiger partial charge in [-0.3, -0.25) is 24.5 Å². The van der Waals surface area contributed by atoms with Gasteiger partial charge in [-0.05, 0) is 73.4 Å². The van der Waals surface area contributed by atoms with Crippen molar-refractivity contribution < 1.29 is 19.2 Å². The van der Waals surface area contributed by atoms with Crippen molar-refractivity contribution in [3.05, 3.63) is 69.9 Å². The standard InChI is InChI=1S/C29H27ClN4O4/c30-19-3-1-16-12-24(31-23(16)13-19)29(38)34-20-4-5-21(34)11-17(10-20)15-2-6-22-18(9-15)14-33(28(22)37)25-7-8-26(35)32-27(25)36/h1-3,6,9,12-13,17,20-21,25,31H,4-5,7-8,10-11,14H2,(H,32,35,36). The Bertz CT molecular complexity index is 1520. The Morgan fingerprint density at radius 2 is 1.74 bits per heavy atom. The number of carbonyl (C=O) groups excluding carboxylic acids is 4. The number of rotatable bonds is 3. The molecule has 0 spiro atoms. The van der Waals surface area contributed by atoms with Crippen molar-refractivity contribution >= 4 is 46.1 Å². The first-order valence-electron chi connectivity index (χ1n) is 13.2. The molecule has 3 saturated heterocycles. The van der Waals surface area contributed by atoms with Crippen molar-refractivity contribution in [2.45, 2.75) is 69.1 Å². The van der Waals surface area contributed by atoms with Gasteiger partial charge < -0.3 is 14.8 Å². The Labute approximate surface area is 224 Å². The van der Waals surface area contributed by atoms with Crippen molar-refractivity contribution in [1.82, 2.24) is 20.1 Å². The molecule has 4 amide bonds. The number of H-pyrrole nitrogens is 1. The van der Waals surface area contributed by atoms with E-state index in [1.165, 1.54) is 5.56 Å². The van der Waals surface area contributed by atoms with Crippen LogP contribution in [-0.4, -0.2) is 56.5 Å². The highest BCUT2D eigenvalue weighted by molar-refractivity contribution is 6.31. The molecule has 194 valence electrons. The Morgan fingerprint density at radius 3 is 2.50 bits per heavy atom. The second-order valence-electron chi connectivity index (χ2n) is 11.0. The van der Waals surface area contributed by atoms with E-state index in [0.29, 0.717) is 35.2 Å². The van der Waals surface area contributed by atoms with Crippen molar-refractivity contribution in [2.24, 2.45) is 0 Å². The van der Waals surface area contributed by atoms with Gasteiger partial charge >= 0.3 is 0 Å². The minimum absolute atomic E-state index is 0.0442. The van der Waals surface area contributed by atoms with E-state index in [-0.39, 0.29) is 36.2 Å². The molecule has 2 aromatic carbocycles. The summed E-state index contributed by atoms with van der Waals surface area (Å²) in [6.45, 7) is 0.378. The Balaban J connectivity index is 1.08. The molecule has 38 heavy (non-hydrogen) atoms. The van der Waals surface area contributed by atoms with Gasteiger partial charge in [0, 0.05) is 46.5 Å². The summed E-state index contributed by atoms with van der Waals surface area (Å²) in [5.41, 5.74) is 4.21. The number of halogens is 1. The monoisotopic (exact) mass is 530 g/mol. The number of imide groups is 1. The number of fused-ring (bicyclic) bond motifs is 4. The number of benzene rings is 2. The van der Waals surface area contributed by atoms with Crippen LogP contribution in [0.5, 0.6) is 0 Å². The van der Waals surface area contributed by atoms with Crippen molar-refractivity contribution in [3.8, 4) is 0 Å². The lowest BCUT2D eigenvalue weighted by atomic mass is 9.84. The van der Waals surface area contributed by atoms with E-state index in [1.807, 2.05) is 36.4 Å². The Morgan fingerprint density at radius 1 is 0.947 bits per heavy atom. The van der Waals surface area contributed by atoms with Crippen molar-refractivity contribution in [1.29, 1.82) is 0 Å². The van der Waals surface area contributed by atoms with E-state index < -0.39 is 11.9 Å². The summed E-state index contributed by atoms with van der Waals surface area (Å²) in [7, 11) is 0. The number of amides is 4. The Hall–Kier alpha value is -3.65. The van der Waals surface area contributed by atoms with Gasteiger partial charge in [0.15, 0.2) is 0 Å². The first-order valence-corrected chi connectivity index (χ1v) is 13.6. The SMILES string of the molecule is O=C1CCC(N2Cc3cc(C4CC5CCC(C4)N5C(=O)c4cc5ccc(Cl)cc5[nH]4)ccc3C2=O)C(=O)N1. The van der Waals surface area contributed by atoms with Crippen LogP contribution in [0.2, 0.25) is 5.02 Å². The zero-order valence-corrected chi connectivity index (χ0v) is 21.5. The zero-order valence-electron chi connectivity index (χ0n) is 20.7. The quantitative estimate of drug-likeness (QED) is 0.497. The molecule has 5 heterocycles. The average Bonchev–Trinajstić information content (AvgIpc) is 3.54. The number of piperidine rings is 2. The normalized spacial score (nSPS) is 26.7. The number of hydrogen-bond acceptors (Lipinski definition) is 4. The van der Waals surface area contributed by atoms with Gasteiger partial charge in [0.05, 0.1) is 0 Å². The lowest BCUT2D eigenvalue weighted by Crippen LogP contribution is -2.52. The summed E-state index contributed by atoms with van der Waals surface area (Å²) in [6, 6.07) is 13.3. The highest BCUT2D eigenvalue weighted by Gasteiger charge is 2.45. The van der Waals surface area contributed by atoms with Crippen molar-refractivity contribution in [2.75, 3.05) is 0 Å². The van der Waals surface area contributed by atoms with Gasteiger partial charge in [0.1, 0.15) is 11.7 Å².